The number of imide groups is 1. The second-order valence-corrected chi connectivity index (χ2v) is 5.58. The van der Waals surface area contributed by atoms with Crippen LogP contribution >= 0.6 is 0 Å². The zero-order chi connectivity index (χ0) is 18.1. The van der Waals surface area contributed by atoms with Gasteiger partial charge in [0, 0.05) is 24.3 Å². The van der Waals surface area contributed by atoms with Crippen LogP contribution in [-0.2, 0) is 25.6 Å². The van der Waals surface area contributed by atoms with Gasteiger partial charge >= 0.3 is 11.6 Å². The van der Waals surface area contributed by atoms with Crippen LogP contribution in [0.1, 0.15) is 24.0 Å². The number of rotatable bonds is 4. The molecule has 1 aromatic heterocycles. The first kappa shape index (κ1) is 16.7. The summed E-state index contributed by atoms with van der Waals surface area (Å²) in [6.45, 7) is 1.68. The lowest BCUT2D eigenvalue weighted by Crippen LogP contribution is -2.33. The molecule has 130 valence electrons. The summed E-state index contributed by atoms with van der Waals surface area (Å²) in [7, 11) is 1.50. The van der Waals surface area contributed by atoms with Crippen molar-refractivity contribution < 1.29 is 28.4 Å². The largest absolute Gasteiger partial charge is 0.497 e. The molecule has 0 spiro atoms. The highest BCUT2D eigenvalue weighted by Gasteiger charge is 2.33. The molecule has 2 amide bonds. The van der Waals surface area contributed by atoms with Crippen molar-refractivity contribution in [3.05, 3.63) is 39.7 Å². The minimum absolute atomic E-state index is 0.00505. The van der Waals surface area contributed by atoms with Crippen molar-refractivity contribution in [3.63, 3.8) is 0 Å². The Morgan fingerprint density at radius 1 is 1.20 bits per heavy atom. The minimum atomic E-state index is -0.883. The number of carbonyl (C=O) groups excluding carboxylic acids is 3. The number of benzene rings is 1. The molecule has 1 fully saturated rings. The van der Waals surface area contributed by atoms with Crippen molar-refractivity contribution in [1.82, 2.24) is 5.06 Å². The number of aryl methyl sites for hydroxylation is 1. The fraction of sp³-hybridized carbons (Fsp3) is 0.294. The summed E-state index contributed by atoms with van der Waals surface area (Å²) in [6, 6.07) is 5.00. The molecule has 8 heteroatoms. The van der Waals surface area contributed by atoms with E-state index >= 15 is 0 Å². The van der Waals surface area contributed by atoms with Gasteiger partial charge in [-0.2, -0.15) is 0 Å². The lowest BCUT2D eigenvalue weighted by Gasteiger charge is -2.13. The number of methoxy groups -OCH3 is 1. The number of hydrogen-bond acceptors (Lipinski definition) is 7. The van der Waals surface area contributed by atoms with Crippen LogP contribution in [0.3, 0.4) is 0 Å². The molecule has 0 N–H and O–H groups in total. The number of hydrogen-bond donors (Lipinski definition) is 0. The zero-order valence-electron chi connectivity index (χ0n) is 13.7. The monoisotopic (exact) mass is 345 g/mol. The number of nitrogens with zero attached hydrogens (tertiary/aromatic N) is 1. The molecule has 1 aliphatic rings. The standard InChI is InChI=1S/C17H15NO7/c1-9-11-4-3-10(23-2)7-13(11)24-17(22)12(9)8-16(21)25-18-14(19)5-6-15(18)20/h3-4,7H,5-6,8H2,1-2H3. The van der Waals surface area contributed by atoms with Gasteiger partial charge in [-0.25, -0.2) is 9.59 Å². The summed E-state index contributed by atoms with van der Waals surface area (Å²) in [4.78, 5) is 52.0. The fourth-order valence-corrected chi connectivity index (χ4v) is 2.64. The van der Waals surface area contributed by atoms with Gasteiger partial charge in [0.2, 0.25) is 0 Å². The topological polar surface area (TPSA) is 103 Å². The Kier molecular flexibility index (Phi) is 4.26. The van der Waals surface area contributed by atoms with Gasteiger partial charge in [0.1, 0.15) is 11.3 Å². The number of hydroxylamine groups is 2. The van der Waals surface area contributed by atoms with Crippen molar-refractivity contribution in [2.45, 2.75) is 26.2 Å². The number of amides is 2. The maximum absolute atomic E-state index is 12.2. The minimum Gasteiger partial charge on any atom is -0.497 e. The highest BCUT2D eigenvalue weighted by Crippen LogP contribution is 2.24. The van der Waals surface area contributed by atoms with Crippen LogP contribution < -0.4 is 10.4 Å². The molecule has 0 saturated carbocycles. The molecule has 0 aliphatic carbocycles. The summed E-state index contributed by atoms with van der Waals surface area (Å²) in [5.74, 6) is -1.50. The van der Waals surface area contributed by atoms with Crippen LogP contribution in [0, 0.1) is 6.92 Å². The predicted octanol–water partition coefficient (Wildman–Crippen LogP) is 1.26. The molecular formula is C17H15NO7. The van der Waals surface area contributed by atoms with E-state index in [1.165, 1.54) is 7.11 Å². The molecule has 0 radical (unpaired) electrons. The summed E-state index contributed by atoms with van der Waals surface area (Å²) in [5.41, 5.74) is 0.324. The Labute approximate surface area is 141 Å². The second-order valence-electron chi connectivity index (χ2n) is 5.58. The van der Waals surface area contributed by atoms with Gasteiger partial charge in [-0.05, 0) is 24.6 Å². The number of carbonyl (C=O) groups is 3. The average molecular weight is 345 g/mol. The second kappa shape index (κ2) is 6.39. The van der Waals surface area contributed by atoms with Crippen LogP contribution in [0.4, 0.5) is 0 Å². The molecule has 8 nitrogen and oxygen atoms in total. The van der Waals surface area contributed by atoms with E-state index in [2.05, 4.69) is 0 Å². The lowest BCUT2D eigenvalue weighted by molar-refractivity contribution is -0.197. The van der Waals surface area contributed by atoms with Crippen molar-refractivity contribution in [2.24, 2.45) is 0 Å². The molecule has 0 unspecified atom stereocenters. The van der Waals surface area contributed by atoms with Gasteiger partial charge in [-0.3, -0.25) is 9.59 Å². The third-order valence-corrected chi connectivity index (χ3v) is 4.01. The van der Waals surface area contributed by atoms with Gasteiger partial charge in [-0.15, -0.1) is 5.06 Å². The third-order valence-electron chi connectivity index (χ3n) is 4.01. The van der Waals surface area contributed by atoms with Crippen LogP contribution in [0.15, 0.2) is 27.4 Å². The van der Waals surface area contributed by atoms with Crippen LogP contribution in [-0.4, -0.2) is 30.0 Å². The Hall–Kier alpha value is -3.16. The van der Waals surface area contributed by atoms with E-state index < -0.39 is 29.8 Å². The molecule has 25 heavy (non-hydrogen) atoms. The molecule has 0 bridgehead atoms. The zero-order valence-corrected chi connectivity index (χ0v) is 13.7. The molecular weight excluding hydrogens is 330 g/mol. The van der Waals surface area contributed by atoms with E-state index in [0.717, 1.165) is 0 Å². The first-order chi connectivity index (χ1) is 11.9. The van der Waals surface area contributed by atoms with E-state index in [9.17, 15) is 19.2 Å². The highest BCUT2D eigenvalue weighted by atomic mass is 16.7. The maximum Gasteiger partial charge on any atom is 0.340 e. The van der Waals surface area contributed by atoms with Crippen molar-refractivity contribution in [2.75, 3.05) is 7.11 Å². The Morgan fingerprint density at radius 3 is 2.52 bits per heavy atom. The molecule has 1 saturated heterocycles. The third kappa shape index (κ3) is 3.10. The molecule has 1 aromatic carbocycles. The highest BCUT2D eigenvalue weighted by molar-refractivity contribution is 6.01. The smallest absolute Gasteiger partial charge is 0.340 e. The molecule has 1 aliphatic heterocycles. The summed E-state index contributed by atoms with van der Waals surface area (Å²) >= 11 is 0. The molecule has 0 atom stereocenters. The van der Waals surface area contributed by atoms with Gasteiger partial charge in [0.25, 0.3) is 11.8 Å². The lowest BCUT2D eigenvalue weighted by atomic mass is 10.0. The summed E-state index contributed by atoms with van der Waals surface area (Å²) in [6.07, 6.45) is -0.399. The summed E-state index contributed by atoms with van der Waals surface area (Å²) < 4.78 is 10.3. The van der Waals surface area contributed by atoms with E-state index in [4.69, 9.17) is 14.0 Å². The molecule has 3 rings (SSSR count). The van der Waals surface area contributed by atoms with E-state index in [-0.39, 0.29) is 18.4 Å². The van der Waals surface area contributed by atoms with Gasteiger partial charge in [0.05, 0.1) is 19.1 Å². The molecule has 2 aromatic rings. The Morgan fingerprint density at radius 2 is 1.88 bits per heavy atom. The van der Waals surface area contributed by atoms with Crippen molar-refractivity contribution in [1.29, 1.82) is 0 Å². The predicted molar refractivity (Wildman–Crippen MR) is 84.7 cm³/mol. The van der Waals surface area contributed by atoms with E-state index in [1.807, 2.05) is 0 Å². The van der Waals surface area contributed by atoms with Crippen molar-refractivity contribution in [3.8, 4) is 5.75 Å². The van der Waals surface area contributed by atoms with Gasteiger partial charge < -0.3 is 14.0 Å². The number of fused-ring (bicyclic) bond motifs is 1. The Balaban J connectivity index is 1.88. The van der Waals surface area contributed by atoms with Crippen LogP contribution in [0.5, 0.6) is 5.75 Å². The van der Waals surface area contributed by atoms with Gasteiger partial charge in [0.15, 0.2) is 0 Å². The Bertz CT molecular complexity index is 928. The van der Waals surface area contributed by atoms with Gasteiger partial charge in [-0.1, -0.05) is 0 Å². The van der Waals surface area contributed by atoms with Crippen molar-refractivity contribution >= 4 is 28.8 Å². The average Bonchev–Trinajstić information content (AvgIpc) is 2.90. The van der Waals surface area contributed by atoms with E-state index in [0.29, 0.717) is 27.3 Å². The normalized spacial score (nSPS) is 14.2. The fourth-order valence-electron chi connectivity index (χ4n) is 2.64. The first-order valence-electron chi connectivity index (χ1n) is 7.57. The SMILES string of the molecule is COc1ccc2c(C)c(CC(=O)ON3C(=O)CCC3=O)c(=O)oc2c1. The van der Waals surface area contributed by atoms with E-state index in [1.54, 1.807) is 25.1 Å². The van der Waals surface area contributed by atoms with Crippen LogP contribution in [0.2, 0.25) is 0 Å². The quantitative estimate of drug-likeness (QED) is 0.607. The maximum atomic E-state index is 12.2. The summed E-state index contributed by atoms with van der Waals surface area (Å²) in [5, 5.41) is 1.10. The molecule has 2 heterocycles. The number of ether oxygens (including phenoxy) is 1. The van der Waals surface area contributed by atoms with Crippen LogP contribution in [0.25, 0.3) is 11.0 Å². The first-order valence-corrected chi connectivity index (χ1v) is 7.57.